The number of ether oxygens (including phenoxy) is 3. The topological polar surface area (TPSA) is 243 Å². The number of carbonyl (C=O) groups excluding carboxylic acids is 4. The summed E-state index contributed by atoms with van der Waals surface area (Å²) >= 11 is 0. The van der Waals surface area contributed by atoms with Crippen molar-refractivity contribution in [2.45, 2.75) is 70.2 Å². The highest BCUT2D eigenvalue weighted by Gasteiger charge is 2.31. The first-order valence-electron chi connectivity index (χ1n) is 17.5. The SMILES string of the molecule is C=CCOC(=O)[C@@H](CCCN=C(N)NS(=O)(=O)c1ccc(C)cc1)N(CCNC(=O)OC(C)(C)C)C(=O)Cn1ccc(NC(=O)OCc2ccccc2)nc1=O. The molecule has 0 aliphatic rings. The van der Waals surface area contributed by atoms with Crippen LogP contribution in [-0.4, -0.2) is 90.8 Å². The predicted molar refractivity (Wildman–Crippen MR) is 207 cm³/mol. The van der Waals surface area contributed by atoms with Gasteiger partial charge >= 0.3 is 23.8 Å². The van der Waals surface area contributed by atoms with Gasteiger partial charge in [-0.3, -0.25) is 19.7 Å². The molecule has 19 heteroatoms. The number of nitrogens with two attached hydrogens (primary N) is 1. The molecule has 0 aliphatic carbocycles. The number of amides is 3. The molecule has 1 heterocycles. The van der Waals surface area contributed by atoms with Crippen molar-refractivity contribution >= 4 is 45.9 Å². The van der Waals surface area contributed by atoms with E-state index in [1.807, 2.05) is 13.0 Å². The first-order valence-corrected chi connectivity index (χ1v) is 18.9. The first-order chi connectivity index (χ1) is 26.5. The van der Waals surface area contributed by atoms with Gasteiger partial charge in [-0.05, 0) is 64.3 Å². The summed E-state index contributed by atoms with van der Waals surface area (Å²) in [6.07, 6.45) is 1.03. The second-order valence-corrected chi connectivity index (χ2v) is 14.9. The van der Waals surface area contributed by atoms with Crippen LogP contribution < -0.4 is 26.8 Å². The molecule has 0 radical (unpaired) electrons. The van der Waals surface area contributed by atoms with Crippen LogP contribution in [0.5, 0.6) is 0 Å². The molecule has 1 atom stereocenters. The van der Waals surface area contributed by atoms with Gasteiger partial charge < -0.3 is 30.2 Å². The summed E-state index contributed by atoms with van der Waals surface area (Å²) in [5.74, 6) is -2.05. The number of aliphatic imine (C=N–C) groups is 1. The Morgan fingerprint density at radius 3 is 2.38 bits per heavy atom. The lowest BCUT2D eigenvalue weighted by Crippen LogP contribution is -2.51. The maximum absolute atomic E-state index is 13.9. The largest absolute Gasteiger partial charge is 0.460 e. The van der Waals surface area contributed by atoms with Gasteiger partial charge in [0.05, 0.1) is 4.90 Å². The van der Waals surface area contributed by atoms with Crippen molar-refractivity contribution in [1.82, 2.24) is 24.5 Å². The van der Waals surface area contributed by atoms with E-state index in [2.05, 4.69) is 31.9 Å². The van der Waals surface area contributed by atoms with Crippen LogP contribution >= 0.6 is 0 Å². The number of aryl methyl sites for hydroxylation is 1. The number of benzene rings is 2. The molecule has 3 aromatic rings. The highest BCUT2D eigenvalue weighted by atomic mass is 32.2. The van der Waals surface area contributed by atoms with Crippen molar-refractivity contribution in [3.8, 4) is 0 Å². The van der Waals surface area contributed by atoms with Gasteiger partial charge in [0.25, 0.3) is 10.0 Å². The minimum Gasteiger partial charge on any atom is -0.460 e. The van der Waals surface area contributed by atoms with Gasteiger partial charge in [0, 0.05) is 25.8 Å². The van der Waals surface area contributed by atoms with Crippen LogP contribution in [0.25, 0.3) is 0 Å². The third-order valence-corrected chi connectivity index (χ3v) is 8.81. The highest BCUT2D eigenvalue weighted by Crippen LogP contribution is 2.14. The minimum atomic E-state index is -4.01. The van der Waals surface area contributed by atoms with Gasteiger partial charge in [0.15, 0.2) is 0 Å². The molecule has 2 aromatic carbocycles. The smallest absolute Gasteiger partial charge is 0.413 e. The van der Waals surface area contributed by atoms with E-state index in [-0.39, 0.29) is 62.4 Å². The summed E-state index contributed by atoms with van der Waals surface area (Å²) < 4.78 is 44.3. The first kappa shape index (κ1) is 44.2. The summed E-state index contributed by atoms with van der Waals surface area (Å²) in [6, 6.07) is 15.1. The lowest BCUT2D eigenvalue weighted by molar-refractivity contribution is -0.154. The molecule has 0 saturated carbocycles. The molecule has 0 aliphatic heterocycles. The summed E-state index contributed by atoms with van der Waals surface area (Å²) in [4.78, 5) is 73.9. The van der Waals surface area contributed by atoms with Crippen LogP contribution in [0.1, 0.15) is 44.7 Å². The number of esters is 1. The number of sulfonamides is 1. The van der Waals surface area contributed by atoms with E-state index in [0.717, 1.165) is 20.6 Å². The zero-order valence-electron chi connectivity index (χ0n) is 31.7. The van der Waals surface area contributed by atoms with Crippen molar-refractivity contribution < 1.29 is 41.8 Å². The van der Waals surface area contributed by atoms with Gasteiger partial charge in [0.1, 0.15) is 37.2 Å². The number of nitrogens with zero attached hydrogens (tertiary/aromatic N) is 4. The highest BCUT2D eigenvalue weighted by molar-refractivity contribution is 7.90. The Balaban J connectivity index is 1.77. The Morgan fingerprint density at radius 2 is 1.73 bits per heavy atom. The summed E-state index contributed by atoms with van der Waals surface area (Å²) in [5.41, 5.74) is 5.78. The molecular weight excluding hydrogens is 749 g/mol. The van der Waals surface area contributed by atoms with Crippen LogP contribution in [0.4, 0.5) is 15.4 Å². The maximum atomic E-state index is 13.9. The van der Waals surface area contributed by atoms with Crippen LogP contribution in [0, 0.1) is 6.92 Å². The average Bonchev–Trinajstić information content (AvgIpc) is 3.12. The van der Waals surface area contributed by atoms with Crippen molar-refractivity contribution in [2.24, 2.45) is 10.7 Å². The zero-order valence-corrected chi connectivity index (χ0v) is 32.5. The number of hydrogen-bond acceptors (Lipinski definition) is 12. The van der Waals surface area contributed by atoms with Gasteiger partial charge in [-0.1, -0.05) is 60.7 Å². The molecule has 56 heavy (non-hydrogen) atoms. The molecule has 1 aromatic heterocycles. The Morgan fingerprint density at radius 1 is 1.04 bits per heavy atom. The second-order valence-electron chi connectivity index (χ2n) is 13.2. The zero-order chi connectivity index (χ0) is 41.3. The molecule has 0 fully saturated rings. The van der Waals surface area contributed by atoms with E-state index in [1.165, 1.54) is 30.5 Å². The van der Waals surface area contributed by atoms with Crippen LogP contribution in [0.2, 0.25) is 0 Å². The Kier molecular flexibility index (Phi) is 16.6. The minimum absolute atomic E-state index is 0.0121. The molecular formula is C37H48N8O10S. The number of guanidine groups is 1. The summed E-state index contributed by atoms with van der Waals surface area (Å²) in [5, 5.41) is 4.91. The Bertz CT molecular complexity index is 2010. The standard InChI is InChI=1S/C37H48N8O10S/c1-6-23-53-32(47)29(13-10-19-39-33(38)43-56(51,52)28-16-14-26(2)15-17-28)45(22-20-40-35(49)55-37(3,4)5)31(46)24-44-21-18-30(41-34(44)48)42-36(50)54-25-27-11-8-7-9-12-27/h6-9,11-12,14-18,21,29H,1,10,13,19-20,22-25H2,2-5H3,(H,40,49)(H3,38,39,43)(H,41,42,48,50)/t29-/m1/s1. The third-order valence-electron chi connectivity index (χ3n) is 7.44. The normalized spacial score (nSPS) is 12.1. The number of alkyl carbamates (subject to hydrolysis) is 1. The molecule has 0 spiro atoms. The van der Waals surface area contributed by atoms with E-state index >= 15 is 0 Å². The number of hydrogen-bond donors (Lipinski definition) is 4. The van der Waals surface area contributed by atoms with E-state index in [1.54, 1.807) is 57.2 Å². The summed E-state index contributed by atoms with van der Waals surface area (Å²) in [6.45, 7) is 9.19. The molecule has 5 N–H and O–H groups in total. The Labute approximate surface area is 325 Å². The molecule has 302 valence electrons. The lowest BCUT2D eigenvalue weighted by Gasteiger charge is -2.31. The molecule has 3 amide bonds. The fourth-order valence-corrected chi connectivity index (χ4v) is 5.79. The van der Waals surface area contributed by atoms with Gasteiger partial charge in [0.2, 0.25) is 11.9 Å². The molecule has 18 nitrogen and oxygen atoms in total. The van der Waals surface area contributed by atoms with Crippen molar-refractivity contribution in [2.75, 3.05) is 31.6 Å². The fourth-order valence-electron chi connectivity index (χ4n) is 4.83. The number of carbonyl (C=O) groups is 4. The van der Waals surface area contributed by atoms with Crippen molar-refractivity contribution in [3.63, 3.8) is 0 Å². The fraction of sp³-hybridized carbons (Fsp3) is 0.378. The van der Waals surface area contributed by atoms with E-state index in [4.69, 9.17) is 19.9 Å². The van der Waals surface area contributed by atoms with Crippen molar-refractivity contribution in [3.05, 3.63) is 101 Å². The van der Waals surface area contributed by atoms with Crippen LogP contribution in [-0.2, 0) is 47.0 Å². The molecule has 0 saturated heterocycles. The number of rotatable bonds is 18. The molecule has 3 rings (SSSR count). The van der Waals surface area contributed by atoms with E-state index < -0.39 is 58.0 Å². The van der Waals surface area contributed by atoms with Crippen LogP contribution in [0.15, 0.2) is 94.2 Å². The van der Waals surface area contributed by atoms with E-state index in [9.17, 15) is 32.4 Å². The predicted octanol–water partition coefficient (Wildman–Crippen LogP) is 2.82. The maximum Gasteiger partial charge on any atom is 0.413 e. The number of anilines is 1. The monoisotopic (exact) mass is 796 g/mol. The molecule has 0 bridgehead atoms. The van der Waals surface area contributed by atoms with E-state index in [0.29, 0.717) is 0 Å². The van der Waals surface area contributed by atoms with Gasteiger partial charge in [-0.25, -0.2) is 32.3 Å². The van der Waals surface area contributed by atoms with Gasteiger partial charge in [-0.15, -0.1) is 0 Å². The average molecular weight is 797 g/mol. The number of aromatic nitrogens is 2. The second kappa shape index (κ2) is 21.0. The number of nitrogens with one attached hydrogen (secondary N) is 3. The quantitative estimate of drug-likeness (QED) is 0.0363. The molecule has 0 unspecified atom stereocenters. The van der Waals surface area contributed by atoms with Crippen molar-refractivity contribution in [1.29, 1.82) is 0 Å². The van der Waals surface area contributed by atoms with Crippen LogP contribution in [0.3, 0.4) is 0 Å². The lowest BCUT2D eigenvalue weighted by atomic mass is 10.1. The Hall–Kier alpha value is -6.24. The summed E-state index contributed by atoms with van der Waals surface area (Å²) in [7, 11) is -4.01. The van der Waals surface area contributed by atoms with Gasteiger partial charge in [-0.2, -0.15) is 4.98 Å². The third kappa shape index (κ3) is 15.2.